The van der Waals surface area contributed by atoms with Gasteiger partial charge >= 0.3 is 0 Å². The molecule has 0 unspecified atom stereocenters. The molecule has 3 aromatic carbocycles. The first-order valence-electron chi connectivity index (χ1n) is 9.49. The summed E-state index contributed by atoms with van der Waals surface area (Å²) in [6.45, 7) is 0. The van der Waals surface area contributed by atoms with Gasteiger partial charge in [-0.25, -0.2) is 21.9 Å². The molecular formula is C22H18N2O7S2. The van der Waals surface area contributed by atoms with Crippen molar-refractivity contribution in [3.05, 3.63) is 77.2 Å². The Morgan fingerprint density at radius 2 is 1.15 bits per heavy atom. The number of hydrogen-bond acceptors (Lipinski definition) is 8. The molecule has 0 bridgehead atoms. The van der Waals surface area contributed by atoms with Gasteiger partial charge in [0.2, 0.25) is 19.7 Å². The van der Waals surface area contributed by atoms with E-state index < -0.39 is 25.2 Å². The van der Waals surface area contributed by atoms with Gasteiger partial charge in [-0.05, 0) is 60.7 Å². The second-order valence-corrected chi connectivity index (χ2v) is 10.7. The maximum atomic E-state index is 13.3. The Kier molecular flexibility index (Phi) is 5.68. The van der Waals surface area contributed by atoms with Gasteiger partial charge in [0, 0.05) is 5.39 Å². The summed E-state index contributed by atoms with van der Waals surface area (Å²) >= 11 is 0. The first-order chi connectivity index (χ1) is 15.7. The molecule has 0 atom stereocenters. The van der Waals surface area contributed by atoms with Crippen LogP contribution in [-0.2, 0) is 19.7 Å². The molecule has 4 rings (SSSR count). The lowest BCUT2D eigenvalue weighted by atomic mass is 10.2. The van der Waals surface area contributed by atoms with Crippen molar-refractivity contribution in [1.82, 2.24) is 10.2 Å². The minimum absolute atomic E-state index is 0.0457. The highest BCUT2D eigenvalue weighted by molar-refractivity contribution is 7.92. The van der Waals surface area contributed by atoms with E-state index in [1.165, 1.54) is 68.8 Å². The minimum Gasteiger partial charge on any atom is -0.497 e. The van der Waals surface area contributed by atoms with Gasteiger partial charge in [0.05, 0.1) is 45.4 Å². The fourth-order valence-corrected chi connectivity index (χ4v) is 6.28. The number of rotatable bonds is 6. The van der Waals surface area contributed by atoms with Crippen molar-refractivity contribution < 1.29 is 26.3 Å². The Hall–Kier alpha value is -3.70. The Morgan fingerprint density at radius 3 is 1.64 bits per heavy atom. The van der Waals surface area contributed by atoms with Crippen LogP contribution < -0.4 is 15.0 Å². The second-order valence-electron chi connectivity index (χ2n) is 6.91. The number of fused-ring (bicyclic) bond motifs is 1. The summed E-state index contributed by atoms with van der Waals surface area (Å²) in [5.74, 6) is 0.930. The van der Waals surface area contributed by atoms with E-state index >= 15 is 0 Å². The summed E-state index contributed by atoms with van der Waals surface area (Å²) < 4.78 is 63.4. The number of H-pyrrole nitrogens is 1. The highest BCUT2D eigenvalue weighted by Crippen LogP contribution is 2.33. The van der Waals surface area contributed by atoms with Crippen molar-refractivity contribution in [2.24, 2.45) is 0 Å². The van der Waals surface area contributed by atoms with Crippen LogP contribution in [0.1, 0.15) is 0 Å². The van der Waals surface area contributed by atoms with E-state index in [0.717, 1.165) is 12.3 Å². The monoisotopic (exact) mass is 486 g/mol. The number of methoxy groups -OCH3 is 2. The summed E-state index contributed by atoms with van der Waals surface area (Å²) in [6, 6.07) is 13.6. The van der Waals surface area contributed by atoms with Gasteiger partial charge in [0.1, 0.15) is 11.5 Å². The first kappa shape index (κ1) is 22.5. The standard InChI is InChI=1S/C22H18N2O7S2/c1-30-14-3-7-16(8-4-14)32(26,27)19-11-12-20(21-18(19)13-23-24-22(21)25)33(28,29)17-9-5-15(31-2)6-10-17/h3-13H,1-2H3,(H,24,25). The van der Waals surface area contributed by atoms with E-state index in [1.807, 2.05) is 0 Å². The topological polar surface area (TPSA) is 132 Å². The van der Waals surface area contributed by atoms with Crippen LogP contribution in [0.25, 0.3) is 10.8 Å². The minimum atomic E-state index is -4.16. The quantitative estimate of drug-likeness (QED) is 0.440. The molecule has 1 N–H and O–H groups in total. The normalized spacial score (nSPS) is 11.9. The van der Waals surface area contributed by atoms with Crippen LogP contribution in [0.2, 0.25) is 0 Å². The van der Waals surface area contributed by atoms with Crippen LogP contribution in [0.15, 0.2) is 91.2 Å². The molecule has 1 aromatic heterocycles. The van der Waals surface area contributed by atoms with Crippen LogP contribution in [0.4, 0.5) is 0 Å². The fraction of sp³-hybridized carbons (Fsp3) is 0.0909. The molecule has 0 amide bonds. The first-order valence-corrected chi connectivity index (χ1v) is 12.5. The van der Waals surface area contributed by atoms with Crippen molar-refractivity contribution in [3.63, 3.8) is 0 Å². The van der Waals surface area contributed by atoms with Crippen molar-refractivity contribution in [3.8, 4) is 11.5 Å². The van der Waals surface area contributed by atoms with Crippen molar-refractivity contribution in [2.45, 2.75) is 19.6 Å². The highest BCUT2D eigenvalue weighted by Gasteiger charge is 2.28. The average molecular weight is 487 g/mol. The predicted molar refractivity (Wildman–Crippen MR) is 119 cm³/mol. The molecular weight excluding hydrogens is 468 g/mol. The molecule has 4 aromatic rings. The molecule has 0 aliphatic heterocycles. The van der Waals surface area contributed by atoms with Crippen LogP contribution in [-0.4, -0.2) is 41.3 Å². The van der Waals surface area contributed by atoms with Crippen molar-refractivity contribution >= 4 is 30.4 Å². The third-order valence-electron chi connectivity index (χ3n) is 5.07. The Morgan fingerprint density at radius 1 is 0.697 bits per heavy atom. The molecule has 170 valence electrons. The van der Waals surface area contributed by atoms with E-state index in [9.17, 15) is 21.6 Å². The maximum absolute atomic E-state index is 13.3. The summed E-state index contributed by atoms with van der Waals surface area (Å²) in [6.07, 6.45) is 1.13. The number of benzene rings is 3. The number of nitrogens with one attached hydrogen (secondary N) is 1. The van der Waals surface area contributed by atoms with Crippen molar-refractivity contribution in [1.29, 1.82) is 0 Å². The van der Waals surface area contributed by atoms with E-state index in [0.29, 0.717) is 11.5 Å². The Balaban J connectivity index is 1.96. The molecule has 9 nitrogen and oxygen atoms in total. The third-order valence-corrected chi connectivity index (χ3v) is 8.71. The van der Waals surface area contributed by atoms with Gasteiger partial charge in [-0.3, -0.25) is 4.79 Å². The third kappa shape index (κ3) is 3.85. The molecule has 11 heteroatoms. The summed E-state index contributed by atoms with van der Waals surface area (Å²) in [5, 5.41) is 5.48. The molecule has 33 heavy (non-hydrogen) atoms. The molecule has 0 aliphatic carbocycles. The smallest absolute Gasteiger partial charge is 0.273 e. The van der Waals surface area contributed by atoms with E-state index in [1.54, 1.807) is 0 Å². The van der Waals surface area contributed by atoms with Crippen molar-refractivity contribution in [2.75, 3.05) is 14.2 Å². The van der Waals surface area contributed by atoms with E-state index in [4.69, 9.17) is 9.47 Å². The number of nitrogens with zero attached hydrogens (tertiary/aromatic N) is 1. The van der Waals surface area contributed by atoms with Gasteiger partial charge in [-0.1, -0.05) is 0 Å². The van der Waals surface area contributed by atoms with Crippen LogP contribution in [0.5, 0.6) is 11.5 Å². The van der Waals surface area contributed by atoms with Crippen LogP contribution in [0.3, 0.4) is 0 Å². The number of ether oxygens (including phenoxy) is 2. The maximum Gasteiger partial charge on any atom is 0.273 e. The lowest BCUT2D eigenvalue weighted by Gasteiger charge is -2.12. The largest absolute Gasteiger partial charge is 0.497 e. The Bertz CT molecular complexity index is 1610. The number of hydrogen-bond donors (Lipinski definition) is 1. The number of sulfone groups is 2. The van der Waals surface area contributed by atoms with Gasteiger partial charge < -0.3 is 9.47 Å². The zero-order valence-corrected chi connectivity index (χ0v) is 19.1. The SMILES string of the molecule is COc1ccc(S(=O)(=O)c2ccc(S(=O)(=O)c3ccc(OC)cc3)c3c(=O)[nH]ncc23)cc1. The molecule has 0 aliphatic rings. The summed E-state index contributed by atoms with van der Waals surface area (Å²) in [4.78, 5) is 12.0. The molecule has 0 saturated carbocycles. The lowest BCUT2D eigenvalue weighted by Crippen LogP contribution is -2.15. The number of aromatic amines is 1. The highest BCUT2D eigenvalue weighted by atomic mass is 32.2. The lowest BCUT2D eigenvalue weighted by molar-refractivity contribution is 0.414. The van der Waals surface area contributed by atoms with E-state index in [-0.39, 0.29) is 30.4 Å². The van der Waals surface area contributed by atoms with Gasteiger partial charge in [-0.15, -0.1) is 0 Å². The van der Waals surface area contributed by atoms with Gasteiger partial charge in [-0.2, -0.15) is 5.10 Å². The zero-order chi connectivity index (χ0) is 23.8. The molecule has 0 spiro atoms. The molecule has 0 radical (unpaired) electrons. The molecule has 1 heterocycles. The van der Waals surface area contributed by atoms with Crippen LogP contribution in [0, 0.1) is 0 Å². The number of aromatic nitrogens is 2. The van der Waals surface area contributed by atoms with Gasteiger partial charge in [0.15, 0.2) is 0 Å². The zero-order valence-electron chi connectivity index (χ0n) is 17.5. The summed E-state index contributed by atoms with van der Waals surface area (Å²) in [7, 11) is -5.36. The predicted octanol–water partition coefficient (Wildman–Crippen LogP) is 2.61. The molecule has 0 fully saturated rings. The fourth-order valence-electron chi connectivity index (χ4n) is 3.38. The van der Waals surface area contributed by atoms with E-state index in [2.05, 4.69) is 10.2 Å². The van der Waals surface area contributed by atoms with Crippen LogP contribution >= 0.6 is 0 Å². The summed E-state index contributed by atoms with van der Waals surface area (Å²) in [5.41, 5.74) is -0.827. The second kappa shape index (κ2) is 8.34. The molecule has 0 saturated heterocycles. The average Bonchev–Trinajstić information content (AvgIpc) is 2.83. The Labute approximate surface area is 189 Å². The van der Waals surface area contributed by atoms with Gasteiger partial charge in [0.25, 0.3) is 5.56 Å².